The van der Waals surface area contributed by atoms with Crippen molar-refractivity contribution in [3.8, 4) is 11.2 Å². The molecular weight excluding hydrogens is 598 g/mol. The third-order valence-electron chi connectivity index (χ3n) is 2.51. The molecule has 176 valence electrons. The fourth-order valence-electron chi connectivity index (χ4n) is 1.46. The van der Waals surface area contributed by atoms with Gasteiger partial charge in [-0.3, -0.25) is 0 Å². The van der Waals surface area contributed by atoms with E-state index in [4.69, 9.17) is 0 Å². The summed E-state index contributed by atoms with van der Waals surface area (Å²) in [6, 6.07) is 0.512. The predicted molar refractivity (Wildman–Crippen MR) is 117 cm³/mol. The number of fused-ring (bicyclic) bond motifs is 1. The van der Waals surface area contributed by atoms with Crippen LogP contribution >= 0.6 is 70.4 Å². The maximum absolute atomic E-state index is 12.3. The van der Waals surface area contributed by atoms with Crippen molar-refractivity contribution < 1.29 is 38.9 Å². The van der Waals surface area contributed by atoms with E-state index in [1.165, 1.54) is 38.8 Å². The van der Waals surface area contributed by atoms with Crippen LogP contribution < -0.4 is 0 Å². The van der Waals surface area contributed by atoms with Gasteiger partial charge in [0, 0.05) is 30.7 Å². The lowest BCUT2D eigenvalue weighted by molar-refractivity contribution is 0.367. The summed E-state index contributed by atoms with van der Waals surface area (Å²) in [5.74, 6) is 1.40. The summed E-state index contributed by atoms with van der Waals surface area (Å²) >= 11 is 5.23. The highest BCUT2D eigenvalue weighted by molar-refractivity contribution is 9.10. The van der Waals surface area contributed by atoms with Crippen molar-refractivity contribution in [1.82, 2.24) is 0 Å². The van der Waals surface area contributed by atoms with Crippen LogP contribution in [0.4, 0.5) is 38.9 Å². The summed E-state index contributed by atoms with van der Waals surface area (Å²) in [5.41, 5.74) is -0.0942. The minimum Gasteiger partial charge on any atom is -0.150 e. The van der Waals surface area contributed by atoms with Crippen molar-refractivity contribution in [2.75, 3.05) is 0 Å². The van der Waals surface area contributed by atoms with Crippen LogP contribution in [-0.4, -0.2) is 0 Å². The van der Waals surface area contributed by atoms with Gasteiger partial charge in [-0.25, -0.2) is 0 Å². The van der Waals surface area contributed by atoms with Crippen molar-refractivity contribution >= 4 is 80.5 Å². The first-order chi connectivity index (χ1) is 12.0. The molecule has 3 aromatic heterocycles. The highest BCUT2D eigenvalue weighted by Gasteiger charge is 2.66. The third kappa shape index (κ3) is 9.27. The van der Waals surface area contributed by atoms with Gasteiger partial charge in [0.15, 0.2) is 4.21 Å². The van der Waals surface area contributed by atoms with Crippen molar-refractivity contribution in [1.29, 1.82) is 0 Å². The van der Waals surface area contributed by atoms with Gasteiger partial charge in [0.1, 0.15) is 0 Å². The van der Waals surface area contributed by atoms with Crippen LogP contribution in [0.5, 0.6) is 0 Å². The van der Waals surface area contributed by atoms with Crippen LogP contribution in [0.25, 0.3) is 10.1 Å². The Morgan fingerprint density at radius 1 is 0.767 bits per heavy atom. The number of thiophene rings is 3. The zero-order chi connectivity index (χ0) is 21.8. The average Bonchev–Trinajstić information content (AvgIpc) is 3.06. The van der Waals surface area contributed by atoms with Crippen molar-refractivity contribution in [2.45, 2.75) is 19.1 Å². The number of hydrogen-bond acceptors (Lipinski definition) is 3. The monoisotopic (exact) mass is 610 g/mol. The molecule has 0 radical (unpaired) electrons. The van der Waals surface area contributed by atoms with E-state index < -0.39 is 24.7 Å². The highest BCUT2D eigenvalue weighted by atomic mass is 79.9. The standard InChI is InChI=1S/C6H2BrF5S2.C6H3F5S3.2CH4/c7-6-4-13-3-5(6)1-2-14(8,9,10,11)12;7-14(8,9,10,11)6-1-4-2-12-3-5(4)13-6;;/h3-4H;1-3H;2*1H4. The highest BCUT2D eigenvalue weighted by Crippen LogP contribution is 3.03. The second-order valence-corrected chi connectivity index (χ2v) is 13.3. The minimum absolute atomic E-state index is 0. The Bertz CT molecular complexity index is 1070. The summed E-state index contributed by atoms with van der Waals surface area (Å²) < 4.78 is 119. The molecule has 0 bridgehead atoms. The smallest absolute Gasteiger partial charge is 0.150 e. The van der Waals surface area contributed by atoms with Crippen LogP contribution in [-0.2, 0) is 0 Å². The molecule has 16 heteroatoms. The summed E-state index contributed by atoms with van der Waals surface area (Å²) in [6.07, 6.45) is 0. The first kappa shape index (κ1) is 29.4. The van der Waals surface area contributed by atoms with Gasteiger partial charge in [-0.05, 0) is 33.3 Å². The average molecular weight is 611 g/mol. The Kier molecular flexibility index (Phi) is 7.06. The largest absolute Gasteiger partial charge is 0.345 e. The Balaban J connectivity index is 0.000000526. The maximum atomic E-state index is 12.3. The topological polar surface area (TPSA) is 0 Å². The molecule has 0 aliphatic heterocycles. The minimum atomic E-state index is -9.60. The van der Waals surface area contributed by atoms with Crippen LogP contribution in [0, 0.1) is 11.2 Å². The molecule has 0 atom stereocenters. The van der Waals surface area contributed by atoms with Crippen LogP contribution in [0.3, 0.4) is 0 Å². The van der Waals surface area contributed by atoms with Gasteiger partial charge in [0.2, 0.25) is 0 Å². The zero-order valence-electron chi connectivity index (χ0n) is 12.6. The molecule has 0 nitrogen and oxygen atoms in total. The lowest BCUT2D eigenvalue weighted by Gasteiger charge is -2.38. The van der Waals surface area contributed by atoms with Gasteiger partial charge in [-0.2, -0.15) is 11.3 Å². The van der Waals surface area contributed by atoms with Crippen LogP contribution in [0.2, 0.25) is 0 Å². The molecule has 30 heavy (non-hydrogen) atoms. The van der Waals surface area contributed by atoms with E-state index in [0.717, 1.165) is 11.3 Å². The molecule has 0 fully saturated rings. The second-order valence-electron chi connectivity index (χ2n) is 5.06. The molecule has 0 unspecified atom stereocenters. The van der Waals surface area contributed by atoms with E-state index in [2.05, 4.69) is 15.9 Å². The van der Waals surface area contributed by atoms with Crippen LogP contribution in [0.1, 0.15) is 20.4 Å². The molecule has 0 saturated heterocycles. The molecular formula is C14H13BrF10S5. The van der Waals surface area contributed by atoms with Crippen LogP contribution in [0.15, 0.2) is 36.3 Å². The molecule has 0 aliphatic rings. The lowest BCUT2D eigenvalue weighted by Crippen LogP contribution is -2.02. The van der Waals surface area contributed by atoms with Gasteiger partial charge in [0.25, 0.3) is 0 Å². The molecule has 3 aromatic rings. The summed E-state index contributed by atoms with van der Waals surface area (Å²) in [4.78, 5) is 0. The molecule has 0 spiro atoms. The van der Waals surface area contributed by atoms with Gasteiger partial charge < -0.3 is 0 Å². The normalized spacial score (nSPS) is 16.1. The Labute approximate surface area is 186 Å². The fraction of sp³-hybridized carbons (Fsp3) is 0.143. The first-order valence-corrected chi connectivity index (χ1v) is 13.6. The van der Waals surface area contributed by atoms with E-state index >= 15 is 0 Å². The molecule has 3 heterocycles. The van der Waals surface area contributed by atoms with Gasteiger partial charge in [0.05, 0.1) is 10.8 Å². The Morgan fingerprint density at radius 3 is 1.70 bits per heavy atom. The number of halogens is 11. The summed E-state index contributed by atoms with van der Waals surface area (Å²) in [5, 5.41) is 5.90. The molecule has 0 amide bonds. The molecule has 0 aliphatic carbocycles. The summed E-state index contributed by atoms with van der Waals surface area (Å²) in [6.45, 7) is 0. The molecule has 0 N–H and O–H groups in total. The fourth-order valence-corrected chi connectivity index (χ4v) is 6.08. The molecule has 3 rings (SSSR count). The Hall–Kier alpha value is -0.600. The molecule has 0 saturated carbocycles. The van der Waals surface area contributed by atoms with Gasteiger partial charge >= 0.3 is 20.4 Å². The van der Waals surface area contributed by atoms with Crippen molar-refractivity contribution in [3.05, 3.63) is 37.6 Å². The number of hydrogen-bond donors (Lipinski definition) is 0. The first-order valence-electron chi connectivity index (χ1n) is 6.22. The molecule has 0 aromatic carbocycles. The SMILES string of the molecule is C.C.FS(F)(F)(F)(F)C#Cc1cscc1Br.FS(F)(F)(F)(F)c1cc2cscc2s1. The predicted octanol–water partition coefficient (Wildman–Crippen LogP) is 12.0. The van der Waals surface area contributed by atoms with Gasteiger partial charge in [-0.15, -0.1) is 22.7 Å². The number of rotatable bonds is 1. The van der Waals surface area contributed by atoms with E-state index in [1.807, 2.05) is 0 Å². The Morgan fingerprint density at radius 2 is 1.30 bits per heavy atom. The van der Waals surface area contributed by atoms with Crippen molar-refractivity contribution in [3.63, 3.8) is 0 Å². The quantitative estimate of drug-likeness (QED) is 0.190. The summed E-state index contributed by atoms with van der Waals surface area (Å²) in [7, 11) is -19.1. The van der Waals surface area contributed by atoms with E-state index in [0.29, 0.717) is 6.07 Å². The zero-order valence-corrected chi connectivity index (χ0v) is 18.3. The lowest BCUT2D eigenvalue weighted by atomic mass is 10.4. The van der Waals surface area contributed by atoms with E-state index in [9.17, 15) is 38.9 Å². The van der Waals surface area contributed by atoms with E-state index in [-0.39, 0.29) is 51.6 Å². The third-order valence-corrected chi connectivity index (χ3v) is 8.58. The van der Waals surface area contributed by atoms with Crippen molar-refractivity contribution in [2.24, 2.45) is 0 Å². The van der Waals surface area contributed by atoms with E-state index in [1.54, 1.807) is 0 Å². The maximum Gasteiger partial charge on any atom is 0.345 e. The van der Waals surface area contributed by atoms with Gasteiger partial charge in [-0.1, -0.05) is 53.7 Å². The second kappa shape index (κ2) is 7.20.